The van der Waals surface area contributed by atoms with Crippen LogP contribution >= 0.6 is 0 Å². The number of esters is 2. The Morgan fingerprint density at radius 1 is 0.380 bits per heavy atom. The van der Waals surface area contributed by atoms with Crippen LogP contribution in [0, 0.1) is 11.8 Å². The molecule has 0 amide bonds. The first-order valence-electron chi connectivity index (χ1n) is 21.8. The Morgan fingerprint density at radius 2 is 0.600 bits per heavy atom. The molecule has 0 aliphatic rings. The predicted octanol–water partition coefficient (Wildman–Crippen LogP) is 15.0. The van der Waals surface area contributed by atoms with Gasteiger partial charge in [-0.25, -0.2) is 9.59 Å². The Bertz CT molecular complexity index is 834. The number of ether oxygens (including phenoxy) is 2. The fourth-order valence-corrected chi connectivity index (χ4v) is 6.88. The van der Waals surface area contributed by atoms with Gasteiger partial charge in [0.15, 0.2) is 0 Å². The van der Waals surface area contributed by atoms with Gasteiger partial charge >= 0.3 is 11.9 Å². The second-order valence-corrected chi connectivity index (χ2v) is 16.1. The van der Waals surface area contributed by atoms with Crippen molar-refractivity contribution >= 4 is 11.9 Å². The van der Waals surface area contributed by atoms with Gasteiger partial charge in [0.2, 0.25) is 0 Å². The molecule has 0 N–H and O–H groups in total. The zero-order chi connectivity index (χ0) is 36.3. The molecule has 1 aromatic carbocycles. The van der Waals surface area contributed by atoms with E-state index < -0.39 is 11.9 Å². The minimum atomic E-state index is -0.426. The van der Waals surface area contributed by atoms with Gasteiger partial charge in [-0.2, -0.15) is 0 Å². The Labute approximate surface area is 311 Å². The smallest absolute Gasteiger partial charge is 0.339 e. The fraction of sp³-hybridized carbons (Fsp3) is 0.826. The van der Waals surface area contributed by atoms with Gasteiger partial charge in [-0.1, -0.05) is 220 Å². The lowest BCUT2D eigenvalue weighted by Gasteiger charge is -2.10. The molecule has 0 atom stereocenters. The summed E-state index contributed by atoms with van der Waals surface area (Å²) < 4.78 is 11.1. The Balaban J connectivity index is 1.98. The van der Waals surface area contributed by atoms with Crippen LogP contribution in [-0.4, -0.2) is 25.2 Å². The largest absolute Gasteiger partial charge is 0.462 e. The summed E-state index contributed by atoms with van der Waals surface area (Å²) >= 11 is 0. The molecule has 0 heterocycles. The second kappa shape index (κ2) is 34.3. The Kier molecular flexibility index (Phi) is 31.6. The third-order valence-corrected chi connectivity index (χ3v) is 10.2. The van der Waals surface area contributed by atoms with E-state index in [1.54, 1.807) is 24.3 Å². The molecule has 50 heavy (non-hydrogen) atoms. The fourth-order valence-electron chi connectivity index (χ4n) is 6.88. The number of hydrogen-bond donors (Lipinski definition) is 0. The highest BCUT2D eigenvalue weighted by molar-refractivity contribution is 6.03. The summed E-state index contributed by atoms with van der Waals surface area (Å²) in [6.45, 7) is 10.1. The molecule has 0 spiro atoms. The van der Waals surface area contributed by atoms with E-state index >= 15 is 0 Å². The normalized spacial score (nSPS) is 11.5. The topological polar surface area (TPSA) is 52.6 Å². The Morgan fingerprint density at radius 3 is 0.840 bits per heavy atom. The van der Waals surface area contributed by atoms with Crippen molar-refractivity contribution in [3.8, 4) is 0 Å². The van der Waals surface area contributed by atoms with Gasteiger partial charge in [0, 0.05) is 0 Å². The maximum atomic E-state index is 12.8. The predicted molar refractivity (Wildman–Crippen MR) is 215 cm³/mol. The summed E-state index contributed by atoms with van der Waals surface area (Å²) in [6, 6.07) is 6.89. The van der Waals surface area contributed by atoms with E-state index in [9.17, 15) is 9.59 Å². The molecule has 1 aromatic rings. The Hall–Kier alpha value is -1.84. The molecule has 0 bridgehead atoms. The van der Waals surface area contributed by atoms with Crippen LogP contribution in [0.4, 0.5) is 0 Å². The summed E-state index contributed by atoms with van der Waals surface area (Å²) in [4.78, 5) is 25.5. The van der Waals surface area contributed by atoms with E-state index in [4.69, 9.17) is 9.47 Å². The van der Waals surface area contributed by atoms with E-state index in [1.807, 2.05) is 0 Å². The van der Waals surface area contributed by atoms with Crippen LogP contribution in [0.1, 0.15) is 241 Å². The average Bonchev–Trinajstić information content (AvgIpc) is 3.10. The molecule has 0 saturated carbocycles. The summed E-state index contributed by atoms with van der Waals surface area (Å²) in [5.74, 6) is 0.856. The number of rotatable bonds is 36. The van der Waals surface area contributed by atoms with Crippen molar-refractivity contribution in [1.82, 2.24) is 0 Å². The van der Waals surface area contributed by atoms with Crippen LogP contribution in [0.5, 0.6) is 0 Å². The molecule has 0 radical (unpaired) electrons. The molecule has 0 unspecified atom stereocenters. The van der Waals surface area contributed by atoms with Gasteiger partial charge in [-0.05, 0) is 36.8 Å². The maximum absolute atomic E-state index is 12.8. The van der Waals surface area contributed by atoms with Crippen molar-refractivity contribution in [2.45, 2.75) is 220 Å². The lowest BCUT2D eigenvalue weighted by molar-refractivity contribution is 0.0450. The van der Waals surface area contributed by atoms with Gasteiger partial charge in [0.25, 0.3) is 0 Å². The van der Waals surface area contributed by atoms with E-state index in [2.05, 4.69) is 27.7 Å². The van der Waals surface area contributed by atoms with E-state index in [-0.39, 0.29) is 0 Å². The van der Waals surface area contributed by atoms with Crippen molar-refractivity contribution in [2.75, 3.05) is 13.2 Å². The highest BCUT2D eigenvalue weighted by atomic mass is 16.5. The van der Waals surface area contributed by atoms with Crippen molar-refractivity contribution in [3.05, 3.63) is 35.4 Å². The first kappa shape index (κ1) is 46.2. The molecule has 0 aliphatic carbocycles. The standard InChI is InChI=1S/C46H82O4/c1-41(2)35-29-25-21-17-13-9-5-7-11-15-19-23-27-33-39-49-45(47)43-37-31-32-38-44(43)46(48)50-40-34-28-24-20-16-12-8-6-10-14-18-22-26-30-36-42(3)4/h31-32,37-38,41-42H,5-30,33-36,39-40H2,1-4H3. The number of carbonyl (C=O) groups is 2. The summed E-state index contributed by atoms with van der Waals surface area (Å²) in [6.07, 6.45) is 39.3. The SMILES string of the molecule is CC(C)CCCCCCCCCCCCCCCCOC(=O)c1ccccc1C(=O)OCCCCCCCCCCCCCCCCC(C)C. The first-order valence-corrected chi connectivity index (χ1v) is 21.8. The van der Waals surface area contributed by atoms with Gasteiger partial charge in [-0.3, -0.25) is 0 Å². The van der Waals surface area contributed by atoms with Crippen molar-refractivity contribution in [1.29, 1.82) is 0 Å². The monoisotopic (exact) mass is 699 g/mol. The van der Waals surface area contributed by atoms with Crippen LogP contribution in [-0.2, 0) is 9.47 Å². The summed E-state index contributed by atoms with van der Waals surface area (Å²) in [5, 5.41) is 0. The average molecular weight is 699 g/mol. The van der Waals surface area contributed by atoms with Gasteiger partial charge in [0.05, 0.1) is 24.3 Å². The molecule has 4 heteroatoms. The van der Waals surface area contributed by atoms with Crippen LogP contribution in [0.15, 0.2) is 24.3 Å². The quantitative estimate of drug-likeness (QED) is 0.0517. The highest BCUT2D eigenvalue weighted by Crippen LogP contribution is 2.17. The van der Waals surface area contributed by atoms with Crippen molar-refractivity contribution in [2.24, 2.45) is 11.8 Å². The minimum Gasteiger partial charge on any atom is -0.462 e. The van der Waals surface area contributed by atoms with Gasteiger partial charge in [0.1, 0.15) is 0 Å². The maximum Gasteiger partial charge on any atom is 0.339 e. The van der Waals surface area contributed by atoms with Gasteiger partial charge in [-0.15, -0.1) is 0 Å². The zero-order valence-corrected chi connectivity index (χ0v) is 33.7. The van der Waals surface area contributed by atoms with Crippen LogP contribution in [0.25, 0.3) is 0 Å². The summed E-state index contributed by atoms with van der Waals surface area (Å²) in [7, 11) is 0. The van der Waals surface area contributed by atoms with E-state index in [0.29, 0.717) is 24.3 Å². The molecular weight excluding hydrogens is 617 g/mol. The molecule has 0 saturated heterocycles. The van der Waals surface area contributed by atoms with Crippen LogP contribution < -0.4 is 0 Å². The van der Waals surface area contributed by atoms with E-state index in [1.165, 1.54) is 167 Å². The number of unbranched alkanes of at least 4 members (excludes halogenated alkanes) is 26. The molecule has 0 fully saturated rings. The third-order valence-electron chi connectivity index (χ3n) is 10.2. The number of hydrogen-bond acceptors (Lipinski definition) is 4. The lowest BCUT2D eigenvalue weighted by atomic mass is 10.0. The second-order valence-electron chi connectivity index (χ2n) is 16.1. The molecule has 0 aromatic heterocycles. The highest BCUT2D eigenvalue weighted by Gasteiger charge is 2.18. The van der Waals surface area contributed by atoms with E-state index in [0.717, 1.165) is 37.5 Å². The first-order chi connectivity index (χ1) is 24.4. The van der Waals surface area contributed by atoms with Crippen LogP contribution in [0.3, 0.4) is 0 Å². The van der Waals surface area contributed by atoms with Crippen molar-refractivity contribution < 1.29 is 19.1 Å². The van der Waals surface area contributed by atoms with Crippen LogP contribution in [0.2, 0.25) is 0 Å². The minimum absolute atomic E-state index is 0.310. The number of carbonyl (C=O) groups excluding carboxylic acids is 2. The molecule has 4 nitrogen and oxygen atoms in total. The molecular formula is C46H82O4. The number of benzene rings is 1. The molecule has 0 aliphatic heterocycles. The lowest BCUT2D eigenvalue weighted by Crippen LogP contribution is -2.15. The van der Waals surface area contributed by atoms with Gasteiger partial charge < -0.3 is 9.47 Å². The summed E-state index contributed by atoms with van der Waals surface area (Å²) in [5.41, 5.74) is 0.621. The van der Waals surface area contributed by atoms with Crippen molar-refractivity contribution in [3.63, 3.8) is 0 Å². The molecule has 1 rings (SSSR count). The molecule has 290 valence electrons. The zero-order valence-electron chi connectivity index (χ0n) is 33.7. The third kappa shape index (κ3) is 28.8.